The maximum Gasteiger partial charge on any atom is 0.165 e. The summed E-state index contributed by atoms with van der Waals surface area (Å²) in [5.74, 6) is 0.946. The zero-order valence-electron chi connectivity index (χ0n) is 15.8. The molecule has 1 saturated heterocycles. The Bertz CT molecular complexity index is 544. The first-order valence-corrected chi connectivity index (χ1v) is 9.10. The van der Waals surface area contributed by atoms with Gasteiger partial charge in [0, 0.05) is 19.1 Å². The maximum absolute atomic E-state index is 6.36. The minimum atomic E-state index is -0.104. The number of likely N-dealkylation sites (N-methyl/N-ethyl adjacent to an activating group) is 1. The highest BCUT2D eigenvalue weighted by Crippen LogP contribution is 2.37. The van der Waals surface area contributed by atoms with E-state index in [4.69, 9.17) is 4.74 Å². The molecular formula is C17H32N6O. The number of hydrogen-bond acceptors (Lipinski definition) is 6. The third kappa shape index (κ3) is 3.78. The second-order valence-electron chi connectivity index (χ2n) is 8.70. The number of ether oxygens (including phenoxy) is 1. The van der Waals surface area contributed by atoms with Crippen molar-refractivity contribution in [3.8, 4) is 0 Å². The van der Waals surface area contributed by atoms with Gasteiger partial charge in [-0.15, -0.1) is 5.10 Å². The highest BCUT2D eigenvalue weighted by molar-refractivity contribution is 4.98. The second-order valence-corrected chi connectivity index (χ2v) is 8.70. The highest BCUT2D eigenvalue weighted by atomic mass is 16.5. The van der Waals surface area contributed by atoms with Crippen LogP contribution in [0.15, 0.2) is 0 Å². The minimum absolute atomic E-state index is 0.0584. The first-order valence-electron chi connectivity index (χ1n) is 9.10. The zero-order chi connectivity index (χ0) is 17.4. The molecule has 2 fully saturated rings. The van der Waals surface area contributed by atoms with Crippen LogP contribution in [-0.2, 0) is 16.8 Å². The summed E-state index contributed by atoms with van der Waals surface area (Å²) in [4.78, 5) is 4.78. The van der Waals surface area contributed by atoms with Crippen molar-refractivity contribution < 1.29 is 4.74 Å². The number of tetrazole rings is 1. The van der Waals surface area contributed by atoms with Crippen molar-refractivity contribution in [1.29, 1.82) is 0 Å². The predicted octanol–water partition coefficient (Wildman–Crippen LogP) is 1.50. The molecule has 0 amide bonds. The van der Waals surface area contributed by atoms with Crippen LogP contribution >= 0.6 is 0 Å². The lowest BCUT2D eigenvalue weighted by atomic mass is 9.97. The minimum Gasteiger partial charge on any atom is -0.372 e. The summed E-state index contributed by atoms with van der Waals surface area (Å²) in [7, 11) is 4.24. The largest absolute Gasteiger partial charge is 0.372 e. The molecule has 24 heavy (non-hydrogen) atoms. The van der Waals surface area contributed by atoms with Gasteiger partial charge in [0.25, 0.3) is 0 Å². The Morgan fingerprint density at radius 2 is 1.96 bits per heavy atom. The van der Waals surface area contributed by atoms with Gasteiger partial charge >= 0.3 is 0 Å². The Labute approximate surface area is 145 Å². The molecule has 0 aromatic carbocycles. The quantitative estimate of drug-likeness (QED) is 0.830. The van der Waals surface area contributed by atoms with Crippen LogP contribution in [0, 0.1) is 0 Å². The van der Waals surface area contributed by atoms with Crippen molar-refractivity contribution >= 4 is 0 Å². The molecule has 1 atom stereocenters. The standard InChI is InChI=1S/C17H32N6O/c1-16(2,3)23-15(18-19-20-23)11-22-13-17(8-6-7-9-17)24-12-14(22)10-21(4)5/h14H,6-13H2,1-5H3. The molecule has 1 aromatic heterocycles. The molecule has 2 aliphatic rings. The number of nitrogens with zero attached hydrogens (tertiary/aromatic N) is 6. The van der Waals surface area contributed by atoms with E-state index in [1.807, 2.05) is 4.68 Å². The van der Waals surface area contributed by atoms with Crippen molar-refractivity contribution in [1.82, 2.24) is 30.0 Å². The topological polar surface area (TPSA) is 59.3 Å². The molecule has 0 N–H and O–H groups in total. The van der Waals surface area contributed by atoms with Crippen molar-refractivity contribution in [3.63, 3.8) is 0 Å². The fourth-order valence-electron chi connectivity index (χ4n) is 4.03. The number of hydrogen-bond donors (Lipinski definition) is 0. The SMILES string of the molecule is CN(C)CC1COC2(CCCC2)CN1Cc1nnnn1C(C)(C)C. The van der Waals surface area contributed by atoms with E-state index in [0.29, 0.717) is 6.04 Å². The van der Waals surface area contributed by atoms with Crippen LogP contribution in [0.5, 0.6) is 0 Å². The van der Waals surface area contributed by atoms with Gasteiger partial charge in [0.2, 0.25) is 0 Å². The van der Waals surface area contributed by atoms with Crippen LogP contribution in [0.1, 0.15) is 52.3 Å². The smallest absolute Gasteiger partial charge is 0.165 e. The summed E-state index contributed by atoms with van der Waals surface area (Å²) in [6.07, 6.45) is 4.93. The number of aromatic nitrogens is 4. The van der Waals surface area contributed by atoms with Crippen molar-refractivity contribution in [2.45, 2.75) is 70.2 Å². The lowest BCUT2D eigenvalue weighted by Crippen LogP contribution is -2.57. The molecule has 7 heteroatoms. The molecule has 1 aromatic rings. The maximum atomic E-state index is 6.36. The summed E-state index contributed by atoms with van der Waals surface area (Å²) in [6.45, 7) is 9.99. The summed E-state index contributed by atoms with van der Waals surface area (Å²) in [5, 5.41) is 12.5. The molecule has 136 valence electrons. The van der Waals surface area contributed by atoms with Gasteiger partial charge in [-0.2, -0.15) is 0 Å². The van der Waals surface area contributed by atoms with Gasteiger partial charge in [-0.3, -0.25) is 4.90 Å². The third-order valence-electron chi connectivity index (χ3n) is 5.19. The Morgan fingerprint density at radius 3 is 2.58 bits per heavy atom. The molecule has 1 saturated carbocycles. The molecule has 7 nitrogen and oxygen atoms in total. The van der Waals surface area contributed by atoms with Crippen molar-refractivity contribution in [2.75, 3.05) is 33.8 Å². The average molecular weight is 336 g/mol. The summed E-state index contributed by atoms with van der Waals surface area (Å²) < 4.78 is 8.31. The van der Waals surface area contributed by atoms with E-state index in [2.05, 4.69) is 60.2 Å². The van der Waals surface area contributed by atoms with Gasteiger partial charge in [0.05, 0.1) is 24.3 Å². The van der Waals surface area contributed by atoms with Gasteiger partial charge in [-0.1, -0.05) is 12.8 Å². The summed E-state index contributed by atoms with van der Waals surface area (Å²) >= 11 is 0. The molecule has 1 unspecified atom stereocenters. The Morgan fingerprint density at radius 1 is 1.25 bits per heavy atom. The second kappa shape index (κ2) is 6.69. The third-order valence-corrected chi connectivity index (χ3v) is 5.19. The van der Waals surface area contributed by atoms with Crippen LogP contribution in [0.3, 0.4) is 0 Å². The van der Waals surface area contributed by atoms with Gasteiger partial charge in [-0.05, 0) is 58.1 Å². The monoisotopic (exact) mass is 336 g/mol. The molecule has 3 rings (SSSR count). The molecule has 1 aliphatic carbocycles. The van der Waals surface area contributed by atoms with Gasteiger partial charge in [-0.25, -0.2) is 4.68 Å². The number of morpholine rings is 1. The van der Waals surface area contributed by atoms with E-state index < -0.39 is 0 Å². The van der Waals surface area contributed by atoms with Crippen LogP contribution in [0.25, 0.3) is 0 Å². The lowest BCUT2D eigenvalue weighted by molar-refractivity contribution is -0.136. The molecular weight excluding hydrogens is 304 g/mol. The number of rotatable bonds is 4. The first kappa shape index (κ1) is 17.8. The van der Waals surface area contributed by atoms with E-state index in [1.165, 1.54) is 25.7 Å². The van der Waals surface area contributed by atoms with E-state index in [0.717, 1.165) is 32.1 Å². The van der Waals surface area contributed by atoms with Crippen LogP contribution in [-0.4, -0.2) is 75.4 Å². The summed E-state index contributed by atoms with van der Waals surface area (Å²) in [6, 6.07) is 0.386. The Balaban J connectivity index is 1.79. The Kier molecular flexibility index (Phi) is 4.95. The van der Waals surface area contributed by atoms with Crippen molar-refractivity contribution in [2.24, 2.45) is 0 Å². The predicted molar refractivity (Wildman–Crippen MR) is 92.7 cm³/mol. The van der Waals surface area contributed by atoms with Crippen LogP contribution in [0.4, 0.5) is 0 Å². The normalized spacial score (nSPS) is 25.0. The van der Waals surface area contributed by atoms with Crippen LogP contribution < -0.4 is 0 Å². The van der Waals surface area contributed by atoms with E-state index in [-0.39, 0.29) is 11.1 Å². The lowest BCUT2D eigenvalue weighted by Gasteiger charge is -2.46. The van der Waals surface area contributed by atoms with Crippen molar-refractivity contribution in [3.05, 3.63) is 5.82 Å². The Hall–Kier alpha value is -1.05. The molecule has 2 heterocycles. The first-order chi connectivity index (χ1) is 11.3. The molecule has 1 spiro atoms. The summed E-state index contributed by atoms with van der Waals surface area (Å²) in [5.41, 5.74) is -0.0456. The van der Waals surface area contributed by atoms with E-state index in [9.17, 15) is 0 Å². The fourth-order valence-corrected chi connectivity index (χ4v) is 4.03. The molecule has 1 aliphatic heterocycles. The molecule has 0 bridgehead atoms. The zero-order valence-corrected chi connectivity index (χ0v) is 15.8. The highest BCUT2D eigenvalue weighted by Gasteiger charge is 2.43. The van der Waals surface area contributed by atoms with Gasteiger partial charge in [0.1, 0.15) is 0 Å². The van der Waals surface area contributed by atoms with Gasteiger partial charge in [0.15, 0.2) is 5.82 Å². The van der Waals surface area contributed by atoms with E-state index >= 15 is 0 Å². The van der Waals surface area contributed by atoms with E-state index in [1.54, 1.807) is 0 Å². The van der Waals surface area contributed by atoms with Gasteiger partial charge < -0.3 is 9.64 Å². The average Bonchev–Trinajstić information content (AvgIpc) is 3.11. The fraction of sp³-hybridized carbons (Fsp3) is 0.941. The molecule has 0 radical (unpaired) electrons. The van der Waals surface area contributed by atoms with Crippen LogP contribution in [0.2, 0.25) is 0 Å².